The van der Waals surface area contributed by atoms with Gasteiger partial charge in [-0.3, -0.25) is 0 Å². The molecule has 4 aromatic rings. The van der Waals surface area contributed by atoms with Crippen molar-refractivity contribution in [3.05, 3.63) is 82.4 Å². The topological polar surface area (TPSA) is 77.3 Å². The predicted octanol–water partition coefficient (Wildman–Crippen LogP) is 4.79. The SMILES string of the molecule is COC(=O)c1cc(C(c2ccccc2)c2c[nH]c3ccc(OC)cc23)sc1N. The monoisotopic (exact) mass is 392 g/mol. The lowest BCUT2D eigenvalue weighted by Gasteiger charge is -2.16. The van der Waals surface area contributed by atoms with E-state index in [9.17, 15) is 4.79 Å². The summed E-state index contributed by atoms with van der Waals surface area (Å²) in [4.78, 5) is 16.4. The van der Waals surface area contributed by atoms with Gasteiger partial charge in [0.25, 0.3) is 0 Å². The molecule has 1 atom stereocenters. The highest BCUT2D eigenvalue weighted by molar-refractivity contribution is 7.16. The van der Waals surface area contributed by atoms with Crippen molar-refractivity contribution in [3.8, 4) is 5.75 Å². The zero-order chi connectivity index (χ0) is 19.7. The van der Waals surface area contributed by atoms with Crippen LogP contribution in [0.5, 0.6) is 5.75 Å². The molecule has 0 aliphatic carbocycles. The second-order valence-corrected chi connectivity index (χ2v) is 7.53. The number of carbonyl (C=O) groups excluding carboxylic acids is 1. The fourth-order valence-electron chi connectivity index (χ4n) is 3.47. The quantitative estimate of drug-likeness (QED) is 0.479. The molecule has 0 radical (unpaired) electrons. The van der Waals surface area contributed by atoms with Gasteiger partial charge in [-0.1, -0.05) is 30.3 Å². The summed E-state index contributed by atoms with van der Waals surface area (Å²) >= 11 is 1.41. The van der Waals surface area contributed by atoms with Crippen molar-refractivity contribution >= 4 is 33.2 Å². The molecule has 0 aliphatic rings. The summed E-state index contributed by atoms with van der Waals surface area (Å²) in [5.41, 5.74) is 9.77. The molecule has 0 fully saturated rings. The molecule has 6 heteroatoms. The van der Waals surface area contributed by atoms with Crippen LogP contribution in [0.1, 0.15) is 32.3 Å². The summed E-state index contributed by atoms with van der Waals surface area (Å²) < 4.78 is 10.3. The predicted molar refractivity (Wildman–Crippen MR) is 112 cm³/mol. The van der Waals surface area contributed by atoms with Crippen LogP contribution in [0.15, 0.2) is 60.8 Å². The molecule has 0 spiro atoms. The molecule has 1 unspecified atom stereocenters. The lowest BCUT2D eigenvalue weighted by atomic mass is 9.89. The van der Waals surface area contributed by atoms with Gasteiger partial charge in [-0.05, 0) is 35.4 Å². The van der Waals surface area contributed by atoms with Gasteiger partial charge in [0.1, 0.15) is 10.8 Å². The third kappa shape index (κ3) is 3.12. The number of aromatic amines is 1. The van der Waals surface area contributed by atoms with E-state index in [2.05, 4.69) is 17.1 Å². The summed E-state index contributed by atoms with van der Waals surface area (Å²) in [6, 6.07) is 18.0. The van der Waals surface area contributed by atoms with Gasteiger partial charge in [0, 0.05) is 27.9 Å². The number of anilines is 1. The highest BCUT2D eigenvalue weighted by Crippen LogP contribution is 2.42. The maximum Gasteiger partial charge on any atom is 0.340 e. The maximum atomic E-state index is 12.1. The fraction of sp³-hybridized carbons (Fsp3) is 0.136. The van der Waals surface area contributed by atoms with Crippen molar-refractivity contribution in [2.45, 2.75) is 5.92 Å². The van der Waals surface area contributed by atoms with E-state index in [0.29, 0.717) is 10.6 Å². The van der Waals surface area contributed by atoms with E-state index in [1.807, 2.05) is 48.7 Å². The zero-order valence-electron chi connectivity index (χ0n) is 15.6. The Bertz CT molecular complexity index is 1130. The van der Waals surface area contributed by atoms with E-state index < -0.39 is 5.97 Å². The number of carbonyl (C=O) groups is 1. The van der Waals surface area contributed by atoms with E-state index >= 15 is 0 Å². The van der Waals surface area contributed by atoms with E-state index in [1.54, 1.807) is 7.11 Å². The highest BCUT2D eigenvalue weighted by Gasteiger charge is 2.25. The Morgan fingerprint density at radius 3 is 2.61 bits per heavy atom. The molecule has 0 bridgehead atoms. The third-order valence-electron chi connectivity index (χ3n) is 4.83. The van der Waals surface area contributed by atoms with E-state index in [0.717, 1.165) is 32.7 Å². The molecule has 5 nitrogen and oxygen atoms in total. The van der Waals surface area contributed by atoms with E-state index in [1.165, 1.54) is 18.4 Å². The standard InChI is InChI=1S/C22H20N2O3S/c1-26-14-8-9-18-15(10-14)17(12-24-18)20(13-6-4-3-5-7-13)19-11-16(21(23)28-19)22(25)27-2/h3-12,20,24H,23H2,1-2H3. The molecule has 28 heavy (non-hydrogen) atoms. The number of ether oxygens (including phenoxy) is 2. The van der Waals surface area contributed by atoms with Crippen molar-refractivity contribution in [1.82, 2.24) is 4.98 Å². The van der Waals surface area contributed by atoms with Crippen LogP contribution in [0, 0.1) is 0 Å². The van der Waals surface area contributed by atoms with Crippen molar-refractivity contribution in [1.29, 1.82) is 0 Å². The molecule has 0 aliphatic heterocycles. The smallest absolute Gasteiger partial charge is 0.340 e. The Morgan fingerprint density at radius 1 is 1.11 bits per heavy atom. The summed E-state index contributed by atoms with van der Waals surface area (Å²) in [7, 11) is 3.02. The Morgan fingerprint density at radius 2 is 1.89 bits per heavy atom. The molecule has 0 amide bonds. The molecule has 2 aromatic carbocycles. The van der Waals surface area contributed by atoms with Crippen LogP contribution in [-0.2, 0) is 4.74 Å². The normalized spacial score (nSPS) is 12.1. The number of nitrogens with two attached hydrogens (primary N) is 1. The second-order valence-electron chi connectivity index (χ2n) is 6.42. The molecular formula is C22H20N2O3S. The number of methoxy groups -OCH3 is 2. The van der Waals surface area contributed by atoms with Crippen LogP contribution < -0.4 is 10.5 Å². The molecule has 2 heterocycles. The summed E-state index contributed by atoms with van der Waals surface area (Å²) in [5.74, 6) is 0.293. The number of aromatic nitrogens is 1. The first-order valence-corrected chi connectivity index (χ1v) is 9.61. The first-order valence-electron chi connectivity index (χ1n) is 8.80. The average Bonchev–Trinajstić information content (AvgIpc) is 3.32. The first-order chi connectivity index (χ1) is 13.6. The second kappa shape index (κ2) is 7.40. The van der Waals surface area contributed by atoms with Gasteiger partial charge in [-0.2, -0.15) is 0 Å². The number of rotatable bonds is 5. The van der Waals surface area contributed by atoms with E-state index in [-0.39, 0.29) is 5.92 Å². The third-order valence-corrected chi connectivity index (χ3v) is 5.86. The number of thiophene rings is 1. The van der Waals surface area contributed by atoms with Crippen molar-refractivity contribution in [2.75, 3.05) is 20.0 Å². The van der Waals surface area contributed by atoms with Crippen LogP contribution in [0.25, 0.3) is 10.9 Å². The van der Waals surface area contributed by atoms with Crippen LogP contribution in [0.3, 0.4) is 0 Å². The molecule has 0 saturated heterocycles. The van der Waals surface area contributed by atoms with Crippen LogP contribution >= 0.6 is 11.3 Å². The lowest BCUT2D eigenvalue weighted by molar-refractivity contribution is 0.0602. The highest BCUT2D eigenvalue weighted by atomic mass is 32.1. The zero-order valence-corrected chi connectivity index (χ0v) is 16.4. The Labute approximate surface area is 166 Å². The van der Waals surface area contributed by atoms with Gasteiger partial charge in [0.15, 0.2) is 0 Å². The molecule has 4 rings (SSSR count). The van der Waals surface area contributed by atoms with Gasteiger partial charge in [-0.25, -0.2) is 4.79 Å². The van der Waals surface area contributed by atoms with Crippen molar-refractivity contribution in [2.24, 2.45) is 0 Å². The van der Waals surface area contributed by atoms with Gasteiger partial charge in [0.2, 0.25) is 0 Å². The minimum Gasteiger partial charge on any atom is -0.497 e. The van der Waals surface area contributed by atoms with Crippen molar-refractivity contribution < 1.29 is 14.3 Å². The van der Waals surface area contributed by atoms with E-state index in [4.69, 9.17) is 15.2 Å². The Balaban J connectivity index is 1.92. The first kappa shape index (κ1) is 18.1. The minimum absolute atomic E-state index is 0.0761. The van der Waals surface area contributed by atoms with Crippen LogP contribution in [0.2, 0.25) is 0 Å². The molecule has 2 aromatic heterocycles. The molecule has 0 saturated carbocycles. The number of benzene rings is 2. The van der Waals surface area contributed by atoms with Gasteiger partial charge >= 0.3 is 5.97 Å². The maximum absolute atomic E-state index is 12.1. The number of nitrogens with one attached hydrogen (secondary N) is 1. The van der Waals surface area contributed by atoms with Crippen LogP contribution in [-0.4, -0.2) is 25.2 Å². The lowest BCUT2D eigenvalue weighted by Crippen LogP contribution is -2.03. The summed E-state index contributed by atoms with van der Waals surface area (Å²) in [5, 5.41) is 1.53. The van der Waals surface area contributed by atoms with Gasteiger partial charge in [-0.15, -0.1) is 11.3 Å². The number of hydrogen-bond acceptors (Lipinski definition) is 5. The largest absolute Gasteiger partial charge is 0.497 e. The number of H-pyrrole nitrogens is 1. The molecule has 3 N–H and O–H groups in total. The molecule has 142 valence electrons. The minimum atomic E-state index is -0.424. The Hall–Kier alpha value is -3.25. The average molecular weight is 392 g/mol. The van der Waals surface area contributed by atoms with Gasteiger partial charge in [0.05, 0.1) is 19.8 Å². The van der Waals surface area contributed by atoms with Crippen molar-refractivity contribution in [3.63, 3.8) is 0 Å². The number of esters is 1. The molecular weight excluding hydrogens is 372 g/mol. The Kier molecular flexibility index (Phi) is 4.79. The van der Waals surface area contributed by atoms with Crippen LogP contribution in [0.4, 0.5) is 5.00 Å². The summed E-state index contributed by atoms with van der Waals surface area (Å²) in [6.45, 7) is 0. The fourth-order valence-corrected chi connectivity index (χ4v) is 4.53. The number of hydrogen-bond donors (Lipinski definition) is 2. The number of nitrogen functional groups attached to an aromatic ring is 1. The summed E-state index contributed by atoms with van der Waals surface area (Å²) in [6.07, 6.45) is 2.01. The van der Waals surface area contributed by atoms with Gasteiger partial charge < -0.3 is 20.2 Å². The number of fused-ring (bicyclic) bond motifs is 1.